The van der Waals surface area contributed by atoms with E-state index in [1.165, 1.54) is 7.11 Å². The summed E-state index contributed by atoms with van der Waals surface area (Å²) < 4.78 is 51.6. The Hall–Kier alpha value is -2.92. The van der Waals surface area contributed by atoms with Crippen molar-refractivity contribution in [1.82, 2.24) is 10.6 Å². The highest BCUT2D eigenvalue weighted by Gasteiger charge is 2.61. The van der Waals surface area contributed by atoms with E-state index in [0.29, 0.717) is 19.3 Å². The van der Waals surface area contributed by atoms with Crippen LogP contribution < -0.4 is 10.6 Å². The van der Waals surface area contributed by atoms with Crippen molar-refractivity contribution in [2.24, 2.45) is 0 Å². The van der Waals surface area contributed by atoms with Crippen LogP contribution in [-0.2, 0) is 61.8 Å². The number of carbonyl (C=O) groups excluding carboxylic acids is 3. The van der Waals surface area contributed by atoms with E-state index in [0.717, 1.165) is 26.2 Å². The molecular weight excluding hydrogens is 924 g/mol. The number of carboxylic acid groups (broad SMARTS) is 1. The third kappa shape index (κ3) is 14.6. The molecule has 4 aliphatic heterocycles. The van der Waals surface area contributed by atoms with Gasteiger partial charge in [-0.1, -0.05) is 25.7 Å². The van der Waals surface area contributed by atoms with Crippen LogP contribution >= 0.6 is 0 Å². The van der Waals surface area contributed by atoms with E-state index in [4.69, 9.17) is 37.9 Å². The second kappa shape index (κ2) is 27.1. The minimum Gasteiger partial charge on any atom is -0.477 e. The number of hydrogen-bond acceptors (Lipinski definition) is 25. The SMILES string of the molecule is COC(=O)CCCCCCCCO[C@@H]1OC(CO)[C@@H](OC2OC[C@@H](O)C(O)C2O)C(OC2OC(CO)[C@H](O)C(O[C@]3(C(=O)O)CC(O)[C@@H](NC(C)=O)C(C(O)C(O)CO)O3)C2O)C1NC(=O)CO. The molecule has 0 aromatic heterocycles. The van der Waals surface area contributed by atoms with Gasteiger partial charge >= 0.3 is 11.9 Å². The third-order valence-electron chi connectivity index (χ3n) is 12.0. The molecule has 0 spiro atoms. The van der Waals surface area contributed by atoms with E-state index in [9.17, 15) is 85.6 Å². The maximum absolute atomic E-state index is 13.1. The van der Waals surface area contributed by atoms with E-state index in [2.05, 4.69) is 15.4 Å². The van der Waals surface area contributed by atoms with Crippen LogP contribution in [-0.4, -0.2) is 259 Å². The number of aliphatic carboxylic acids is 1. The topological polar surface area (TPSA) is 438 Å². The van der Waals surface area contributed by atoms with Crippen LogP contribution in [0.3, 0.4) is 0 Å². The van der Waals surface area contributed by atoms with Crippen molar-refractivity contribution in [3.63, 3.8) is 0 Å². The molecule has 0 aliphatic carbocycles. The number of ether oxygens (including phenoxy) is 9. The normalized spacial score (nSPS) is 38.5. The first-order valence-electron chi connectivity index (χ1n) is 22.2. The van der Waals surface area contributed by atoms with Crippen molar-refractivity contribution in [3.05, 3.63) is 0 Å². The number of rotatable bonds is 25. The van der Waals surface area contributed by atoms with Gasteiger partial charge < -0.3 is 120 Å². The molecule has 4 heterocycles. The molecule has 68 heavy (non-hydrogen) atoms. The number of hydrogen-bond donors (Lipinski definition) is 15. The lowest BCUT2D eigenvalue weighted by Gasteiger charge is -2.51. The Morgan fingerprint density at radius 3 is 1.96 bits per heavy atom. The quantitative estimate of drug-likeness (QED) is 0.0298. The zero-order chi connectivity index (χ0) is 50.5. The van der Waals surface area contributed by atoms with Crippen LogP contribution in [0.1, 0.15) is 58.3 Å². The summed E-state index contributed by atoms with van der Waals surface area (Å²) >= 11 is 0. The molecule has 15 N–H and O–H groups in total. The van der Waals surface area contributed by atoms with Crippen LogP contribution in [0.15, 0.2) is 0 Å². The molecule has 0 saturated carbocycles. The Kier molecular flexibility index (Phi) is 22.9. The first-order chi connectivity index (χ1) is 32.3. The Morgan fingerprint density at radius 2 is 1.35 bits per heavy atom. The number of esters is 1. The van der Waals surface area contributed by atoms with Crippen molar-refractivity contribution in [2.75, 3.05) is 46.8 Å². The van der Waals surface area contributed by atoms with E-state index >= 15 is 0 Å². The Morgan fingerprint density at radius 1 is 0.721 bits per heavy atom. The highest BCUT2D eigenvalue weighted by atomic mass is 16.8. The first-order valence-corrected chi connectivity index (χ1v) is 22.2. The maximum atomic E-state index is 13.1. The molecule has 4 saturated heterocycles. The zero-order valence-corrected chi connectivity index (χ0v) is 37.5. The summed E-state index contributed by atoms with van der Waals surface area (Å²) in [7, 11) is 1.30. The Balaban J connectivity index is 1.69. The summed E-state index contributed by atoms with van der Waals surface area (Å²) in [5.41, 5.74) is 0. The number of amides is 2. The van der Waals surface area contributed by atoms with Crippen LogP contribution in [0.25, 0.3) is 0 Å². The second-order valence-electron chi connectivity index (χ2n) is 16.9. The highest BCUT2D eigenvalue weighted by Crippen LogP contribution is 2.39. The van der Waals surface area contributed by atoms with Gasteiger partial charge in [0.15, 0.2) is 18.9 Å². The molecule has 0 bridgehead atoms. The molecule has 0 radical (unpaired) electrons. The summed E-state index contributed by atoms with van der Waals surface area (Å²) in [6.45, 7) is -3.82. The van der Waals surface area contributed by atoms with Crippen molar-refractivity contribution < 1.29 is 128 Å². The molecular formula is C40H68N2O26. The van der Waals surface area contributed by atoms with Gasteiger partial charge in [-0.25, -0.2) is 4.79 Å². The smallest absolute Gasteiger partial charge is 0.364 e. The van der Waals surface area contributed by atoms with E-state index in [-0.39, 0.29) is 19.0 Å². The molecule has 4 rings (SSSR count). The average molecular weight is 993 g/mol. The minimum atomic E-state index is -3.16. The number of aliphatic hydroxyl groups is 12. The fourth-order valence-electron chi connectivity index (χ4n) is 8.27. The summed E-state index contributed by atoms with van der Waals surface area (Å²) in [5.74, 6) is -7.37. The predicted molar refractivity (Wildman–Crippen MR) is 218 cm³/mol. The molecule has 2 amide bonds. The number of nitrogens with one attached hydrogen (secondary N) is 2. The van der Waals surface area contributed by atoms with Crippen LogP contribution in [0.4, 0.5) is 0 Å². The van der Waals surface area contributed by atoms with Gasteiger partial charge in [0, 0.05) is 26.4 Å². The summed E-state index contributed by atoms with van der Waals surface area (Å²) in [6.07, 6.45) is -29.7. The standard InChI is InChI=1S/C40H68N2O26/c1-17(47)41-25-18(48)11-40(39(58)59,67-33(25)28(54)19(49)12-43)68-35-29(55)21(13-44)63-38(31(35)57)66-34-26(42-23(51)15-46)36(61-10-8-6-4-3-5-7-9-24(52)60-2)64-22(14-45)32(34)65-37-30(56)27(53)20(50)16-62-37/h18-22,25-38,43-46,48-50,53-57H,3-16H2,1-2H3,(H,41,47)(H,42,51)(H,58,59)/t18?,19?,20-,21?,22?,25-,26?,27?,28?,29+,30?,31?,32-,33?,34?,35?,36-,37?,38?,40+/m1/s1. The zero-order valence-electron chi connectivity index (χ0n) is 37.5. The number of methoxy groups -OCH3 is 1. The molecule has 20 atom stereocenters. The molecule has 394 valence electrons. The largest absolute Gasteiger partial charge is 0.477 e. The fourth-order valence-corrected chi connectivity index (χ4v) is 8.27. The lowest BCUT2D eigenvalue weighted by molar-refractivity contribution is -0.388. The summed E-state index contributed by atoms with van der Waals surface area (Å²) in [6, 6.07) is -3.25. The summed E-state index contributed by atoms with van der Waals surface area (Å²) in [5, 5.41) is 143. The third-order valence-corrected chi connectivity index (χ3v) is 12.0. The van der Waals surface area contributed by atoms with Crippen molar-refractivity contribution in [3.8, 4) is 0 Å². The molecule has 4 fully saturated rings. The van der Waals surface area contributed by atoms with Gasteiger partial charge in [-0.15, -0.1) is 0 Å². The number of carbonyl (C=O) groups is 4. The number of aliphatic hydroxyl groups excluding tert-OH is 12. The van der Waals surface area contributed by atoms with Gasteiger partial charge in [0.25, 0.3) is 5.79 Å². The van der Waals surface area contributed by atoms with E-state index < -0.39 is 179 Å². The van der Waals surface area contributed by atoms with Crippen molar-refractivity contribution in [1.29, 1.82) is 0 Å². The van der Waals surface area contributed by atoms with Crippen molar-refractivity contribution in [2.45, 2.75) is 180 Å². The minimum absolute atomic E-state index is 0.0442. The molecule has 0 aromatic carbocycles. The lowest BCUT2D eigenvalue weighted by atomic mass is 9.88. The maximum Gasteiger partial charge on any atom is 0.364 e. The number of unbranched alkanes of at least 4 members (excludes halogenated alkanes) is 5. The lowest BCUT2D eigenvalue weighted by Crippen LogP contribution is -2.71. The van der Waals surface area contributed by atoms with Gasteiger partial charge in [-0.05, 0) is 12.8 Å². The molecule has 0 aromatic rings. The fraction of sp³-hybridized carbons (Fsp3) is 0.900. The van der Waals surface area contributed by atoms with Crippen LogP contribution in [0, 0.1) is 0 Å². The van der Waals surface area contributed by atoms with E-state index in [1.807, 2.05) is 0 Å². The predicted octanol–water partition coefficient (Wildman–Crippen LogP) is -7.72. The van der Waals surface area contributed by atoms with Gasteiger partial charge in [-0.3, -0.25) is 14.4 Å². The molecule has 28 nitrogen and oxygen atoms in total. The summed E-state index contributed by atoms with van der Waals surface area (Å²) in [4.78, 5) is 49.4. The van der Waals surface area contributed by atoms with Gasteiger partial charge in [-0.2, -0.15) is 0 Å². The molecule has 14 unspecified atom stereocenters. The highest BCUT2D eigenvalue weighted by molar-refractivity contribution is 5.77. The number of carboxylic acids is 1. The molecule has 28 heteroatoms. The first kappa shape index (κ1) is 57.7. The molecule has 4 aliphatic rings. The van der Waals surface area contributed by atoms with Gasteiger partial charge in [0.1, 0.15) is 92.0 Å². The van der Waals surface area contributed by atoms with E-state index in [1.54, 1.807) is 0 Å². The van der Waals surface area contributed by atoms with Crippen LogP contribution in [0.5, 0.6) is 0 Å². The monoisotopic (exact) mass is 992 g/mol. The Bertz CT molecular complexity index is 1590. The average Bonchev–Trinajstić information content (AvgIpc) is 3.31. The van der Waals surface area contributed by atoms with Gasteiger partial charge in [0.2, 0.25) is 11.8 Å². The van der Waals surface area contributed by atoms with Gasteiger partial charge in [0.05, 0.1) is 45.7 Å². The second-order valence-corrected chi connectivity index (χ2v) is 16.9. The Labute approximate surface area is 389 Å². The van der Waals surface area contributed by atoms with Crippen LogP contribution in [0.2, 0.25) is 0 Å². The van der Waals surface area contributed by atoms with Crippen molar-refractivity contribution >= 4 is 23.8 Å².